The average molecular weight is 254 g/mol. The van der Waals surface area contributed by atoms with Gasteiger partial charge in [0.05, 0.1) is 6.61 Å². The number of pyridine rings is 1. The number of unbranched alkanes of at least 4 members (excludes halogenated alkanes) is 2. The van der Waals surface area contributed by atoms with E-state index in [0.29, 0.717) is 25.9 Å². The first-order valence-corrected chi connectivity index (χ1v) is 5.55. The molecular weight excluding hydrogens is 240 g/mol. The van der Waals surface area contributed by atoms with Crippen LogP contribution in [-0.4, -0.2) is 27.6 Å². The average Bonchev–Trinajstić information content (AvgIpc) is 2.33. The van der Waals surface area contributed by atoms with Gasteiger partial charge in [-0.05, 0) is 41.3 Å². The van der Waals surface area contributed by atoms with Crippen molar-refractivity contribution in [1.29, 1.82) is 0 Å². The summed E-state index contributed by atoms with van der Waals surface area (Å²) in [6, 6.07) is 3.05. The molecule has 0 aliphatic carbocycles. The van der Waals surface area contributed by atoms with Gasteiger partial charge in [0.2, 0.25) is 5.75 Å². The predicted molar refractivity (Wildman–Crippen MR) is 62.5 cm³/mol. The molecule has 0 aromatic carbocycles. The monoisotopic (exact) mass is 254 g/mol. The fraction of sp³-hybridized carbons (Fsp3) is 0.455. The Morgan fingerprint density at radius 3 is 2.89 bits per heavy atom. The Bertz CT molecular complexity index is 422. The van der Waals surface area contributed by atoms with Gasteiger partial charge in [-0.15, -0.1) is 0 Å². The minimum Gasteiger partial charge on any atom is -0.486 e. The lowest BCUT2D eigenvalue weighted by Crippen LogP contribution is -2.02. The molecule has 1 N–H and O–H groups in total. The van der Waals surface area contributed by atoms with Crippen molar-refractivity contribution in [2.24, 2.45) is 0 Å². The van der Waals surface area contributed by atoms with Crippen LogP contribution in [0.15, 0.2) is 18.3 Å². The Morgan fingerprint density at radius 1 is 1.44 bits per heavy atom. The lowest BCUT2D eigenvalue weighted by atomic mass is 10.2. The molecular formula is C11H14N2O5. The normalized spacial score (nSPS) is 10.0. The van der Waals surface area contributed by atoms with Crippen LogP contribution in [0, 0.1) is 10.1 Å². The molecule has 7 nitrogen and oxygen atoms in total. The van der Waals surface area contributed by atoms with E-state index in [2.05, 4.69) is 4.98 Å². The molecule has 7 heteroatoms. The van der Waals surface area contributed by atoms with Crippen molar-refractivity contribution in [3.8, 4) is 5.75 Å². The molecule has 0 spiro atoms. The topological polar surface area (TPSA) is 103 Å². The zero-order valence-corrected chi connectivity index (χ0v) is 9.74. The Hall–Kier alpha value is -2.18. The van der Waals surface area contributed by atoms with Gasteiger partial charge in [0.25, 0.3) is 0 Å². The first kappa shape index (κ1) is 13.9. The number of rotatable bonds is 8. The summed E-state index contributed by atoms with van der Waals surface area (Å²) in [7, 11) is 0. The molecule has 0 aliphatic rings. The van der Waals surface area contributed by atoms with Crippen LogP contribution in [0.25, 0.3) is 0 Å². The zero-order chi connectivity index (χ0) is 13.4. The van der Waals surface area contributed by atoms with Crippen LogP contribution in [0.2, 0.25) is 0 Å². The van der Waals surface area contributed by atoms with Crippen molar-refractivity contribution in [1.82, 2.24) is 4.98 Å². The summed E-state index contributed by atoms with van der Waals surface area (Å²) in [5.74, 6) is -0.984. The number of nitro groups is 1. The van der Waals surface area contributed by atoms with Crippen molar-refractivity contribution in [2.75, 3.05) is 6.61 Å². The first-order valence-electron chi connectivity index (χ1n) is 5.55. The van der Waals surface area contributed by atoms with Crippen LogP contribution >= 0.6 is 0 Å². The van der Waals surface area contributed by atoms with E-state index >= 15 is 0 Å². The lowest BCUT2D eigenvalue weighted by Gasteiger charge is -2.05. The SMILES string of the molecule is O=C(O)CCCCCOc1cccnc1[N+](=O)[O-]. The molecule has 0 saturated heterocycles. The number of carboxylic acids is 1. The standard InChI is InChI=1S/C11H14N2O5/c14-10(15)6-2-1-3-8-18-9-5-4-7-12-11(9)13(16)17/h4-5,7H,1-3,6,8H2,(H,14,15). The summed E-state index contributed by atoms with van der Waals surface area (Å²) in [4.78, 5) is 23.9. The minimum atomic E-state index is -0.821. The molecule has 1 aromatic rings. The largest absolute Gasteiger partial charge is 0.486 e. The van der Waals surface area contributed by atoms with Crippen molar-refractivity contribution in [3.63, 3.8) is 0 Å². The van der Waals surface area contributed by atoms with E-state index in [1.165, 1.54) is 12.3 Å². The maximum absolute atomic E-state index is 10.6. The summed E-state index contributed by atoms with van der Waals surface area (Å²) >= 11 is 0. The van der Waals surface area contributed by atoms with Gasteiger partial charge in [-0.3, -0.25) is 4.79 Å². The van der Waals surface area contributed by atoms with Crippen LogP contribution in [-0.2, 0) is 4.79 Å². The molecule has 1 aromatic heterocycles. The summed E-state index contributed by atoms with van der Waals surface area (Å²) in [6.45, 7) is 0.312. The van der Waals surface area contributed by atoms with Gasteiger partial charge >= 0.3 is 11.8 Å². The number of aromatic nitrogens is 1. The molecule has 0 aliphatic heterocycles. The Kier molecular flexibility index (Phi) is 5.56. The van der Waals surface area contributed by atoms with E-state index in [0.717, 1.165) is 0 Å². The first-order chi connectivity index (χ1) is 8.61. The molecule has 0 unspecified atom stereocenters. The molecule has 0 saturated carbocycles. The number of hydrogen-bond acceptors (Lipinski definition) is 5. The van der Waals surface area contributed by atoms with E-state index in [-0.39, 0.29) is 18.0 Å². The smallest absolute Gasteiger partial charge is 0.406 e. The van der Waals surface area contributed by atoms with E-state index < -0.39 is 10.9 Å². The fourth-order valence-corrected chi connectivity index (χ4v) is 1.37. The molecule has 98 valence electrons. The van der Waals surface area contributed by atoms with Gasteiger partial charge in [0.1, 0.15) is 6.20 Å². The number of ether oxygens (including phenoxy) is 1. The quantitative estimate of drug-likeness (QED) is 0.432. The molecule has 0 bridgehead atoms. The molecule has 0 amide bonds. The lowest BCUT2D eigenvalue weighted by molar-refractivity contribution is -0.390. The highest BCUT2D eigenvalue weighted by molar-refractivity contribution is 5.66. The van der Waals surface area contributed by atoms with Crippen molar-refractivity contribution in [2.45, 2.75) is 25.7 Å². The van der Waals surface area contributed by atoms with Gasteiger partial charge < -0.3 is 20.0 Å². The van der Waals surface area contributed by atoms with Crippen molar-refractivity contribution in [3.05, 3.63) is 28.4 Å². The Labute approximate surface area is 104 Å². The van der Waals surface area contributed by atoms with Gasteiger partial charge in [0.15, 0.2) is 0 Å². The van der Waals surface area contributed by atoms with E-state index in [1.54, 1.807) is 6.07 Å². The number of carboxylic acid groups (broad SMARTS) is 1. The highest BCUT2D eigenvalue weighted by atomic mass is 16.6. The maximum atomic E-state index is 10.6. The second kappa shape index (κ2) is 7.21. The third-order valence-electron chi connectivity index (χ3n) is 2.22. The molecule has 0 radical (unpaired) electrons. The maximum Gasteiger partial charge on any atom is 0.406 e. The van der Waals surface area contributed by atoms with Gasteiger partial charge in [-0.25, -0.2) is 0 Å². The number of nitrogens with zero attached hydrogens (tertiary/aromatic N) is 2. The number of aliphatic carboxylic acids is 1. The van der Waals surface area contributed by atoms with Crippen molar-refractivity contribution >= 4 is 11.8 Å². The molecule has 18 heavy (non-hydrogen) atoms. The molecule has 1 heterocycles. The third-order valence-corrected chi connectivity index (χ3v) is 2.22. The zero-order valence-electron chi connectivity index (χ0n) is 9.74. The summed E-state index contributed by atoms with van der Waals surface area (Å²) < 4.78 is 5.25. The van der Waals surface area contributed by atoms with Gasteiger partial charge in [0, 0.05) is 6.42 Å². The highest BCUT2D eigenvalue weighted by Gasteiger charge is 2.14. The second-order valence-electron chi connectivity index (χ2n) is 3.64. The molecule has 0 fully saturated rings. The van der Waals surface area contributed by atoms with E-state index in [4.69, 9.17) is 9.84 Å². The number of carbonyl (C=O) groups is 1. The summed E-state index contributed by atoms with van der Waals surface area (Å²) in [6.07, 6.45) is 3.40. The van der Waals surface area contributed by atoms with E-state index in [1.807, 2.05) is 0 Å². The van der Waals surface area contributed by atoms with Crippen LogP contribution in [0.5, 0.6) is 5.75 Å². The Morgan fingerprint density at radius 2 is 2.22 bits per heavy atom. The highest BCUT2D eigenvalue weighted by Crippen LogP contribution is 2.22. The summed E-state index contributed by atoms with van der Waals surface area (Å²) in [5, 5.41) is 19.1. The van der Waals surface area contributed by atoms with E-state index in [9.17, 15) is 14.9 Å². The summed E-state index contributed by atoms with van der Waals surface area (Å²) in [5.41, 5.74) is 0. The third kappa shape index (κ3) is 4.77. The van der Waals surface area contributed by atoms with Crippen LogP contribution in [0.3, 0.4) is 0 Å². The minimum absolute atomic E-state index is 0.132. The van der Waals surface area contributed by atoms with Gasteiger partial charge in [-0.2, -0.15) is 0 Å². The fourth-order valence-electron chi connectivity index (χ4n) is 1.37. The van der Waals surface area contributed by atoms with Crippen LogP contribution < -0.4 is 4.74 Å². The predicted octanol–water partition coefficient (Wildman–Crippen LogP) is 2.01. The van der Waals surface area contributed by atoms with Crippen LogP contribution in [0.1, 0.15) is 25.7 Å². The van der Waals surface area contributed by atoms with Crippen LogP contribution in [0.4, 0.5) is 5.82 Å². The van der Waals surface area contributed by atoms with Crippen molar-refractivity contribution < 1.29 is 19.6 Å². The number of hydrogen-bond donors (Lipinski definition) is 1. The molecule has 1 rings (SSSR count). The van der Waals surface area contributed by atoms with Gasteiger partial charge in [-0.1, -0.05) is 0 Å². The second-order valence-corrected chi connectivity index (χ2v) is 3.64. The Balaban J connectivity index is 2.31. The molecule has 0 atom stereocenters.